The van der Waals surface area contributed by atoms with Gasteiger partial charge in [-0.05, 0) is 48.8 Å². The van der Waals surface area contributed by atoms with E-state index in [1.165, 1.54) is 0 Å². The van der Waals surface area contributed by atoms with Crippen LogP contribution >= 0.6 is 0 Å². The molecule has 1 saturated heterocycles. The zero-order valence-corrected chi connectivity index (χ0v) is 20.2. The Morgan fingerprint density at radius 2 is 1.94 bits per heavy atom. The Morgan fingerprint density at radius 1 is 1.18 bits per heavy atom. The number of nitrogens with zero attached hydrogens (tertiary/aromatic N) is 2. The second-order valence-corrected chi connectivity index (χ2v) is 12.5. The van der Waals surface area contributed by atoms with Crippen molar-refractivity contribution >= 4 is 15.6 Å². The number of fused-ring (bicyclic) bond motifs is 1. The zero-order chi connectivity index (χ0) is 23.4. The number of benzene rings is 1. The number of hydrogen-bond donors (Lipinski definition) is 1. The number of rotatable bonds is 4. The summed E-state index contributed by atoms with van der Waals surface area (Å²) in [6, 6.07) is 7.21. The summed E-state index contributed by atoms with van der Waals surface area (Å²) in [6.45, 7) is 7.19. The lowest BCUT2D eigenvalue weighted by atomic mass is 9.59. The van der Waals surface area contributed by atoms with Crippen molar-refractivity contribution in [3.05, 3.63) is 52.9 Å². The molecule has 7 nitrogen and oxygen atoms in total. The van der Waals surface area contributed by atoms with E-state index in [-0.39, 0.29) is 17.4 Å². The lowest BCUT2D eigenvalue weighted by Crippen LogP contribution is -2.51. The van der Waals surface area contributed by atoms with Crippen LogP contribution in [0.2, 0.25) is 0 Å². The number of ketones is 1. The number of allylic oxidation sites excluding steroid dienone is 2. The van der Waals surface area contributed by atoms with E-state index in [9.17, 15) is 13.2 Å². The molecule has 33 heavy (non-hydrogen) atoms. The molecule has 8 heteroatoms. The first kappa shape index (κ1) is 22.5. The van der Waals surface area contributed by atoms with Crippen LogP contribution < -0.4 is 5.32 Å². The number of ether oxygens (including phenoxy) is 1. The number of nitrogens with one attached hydrogen (secondary N) is 1. The highest BCUT2D eigenvalue weighted by Crippen LogP contribution is 2.53. The molecule has 3 aliphatic heterocycles. The Bertz CT molecular complexity index is 1190. The predicted molar refractivity (Wildman–Crippen MR) is 124 cm³/mol. The van der Waals surface area contributed by atoms with E-state index in [0.717, 1.165) is 28.8 Å². The van der Waals surface area contributed by atoms with Crippen LogP contribution in [-0.2, 0) is 24.8 Å². The van der Waals surface area contributed by atoms with Crippen molar-refractivity contribution in [2.75, 3.05) is 13.2 Å². The standard InChI is InChI=1S/C25H31N3O4S/c1-4-25(16-6-5-7-18(12-16)33(30,31)17-8-10-32-11-9-17)19-15-26-28-23(19)27-20-13-24(2,3)14-21(29)22(20)25/h5-7,12,15,17,23,27H,4,8-11,13-14H2,1-3H3. The number of sulfone groups is 1. The molecule has 0 spiro atoms. The molecular weight excluding hydrogens is 438 g/mol. The maximum Gasteiger partial charge on any atom is 0.181 e. The summed E-state index contributed by atoms with van der Waals surface area (Å²) >= 11 is 0. The van der Waals surface area contributed by atoms with Gasteiger partial charge in [-0.2, -0.15) is 10.2 Å². The molecule has 2 atom stereocenters. The highest BCUT2D eigenvalue weighted by molar-refractivity contribution is 7.92. The van der Waals surface area contributed by atoms with Gasteiger partial charge in [0.05, 0.1) is 21.8 Å². The van der Waals surface area contributed by atoms with Crippen LogP contribution in [0, 0.1) is 5.41 Å². The van der Waals surface area contributed by atoms with Crippen LogP contribution in [0.3, 0.4) is 0 Å². The van der Waals surface area contributed by atoms with Gasteiger partial charge in [0.25, 0.3) is 0 Å². The normalized spacial score (nSPS) is 29.4. The summed E-state index contributed by atoms with van der Waals surface area (Å²) in [5.41, 5.74) is 2.51. The van der Waals surface area contributed by atoms with Crippen LogP contribution in [0.1, 0.15) is 58.4 Å². The van der Waals surface area contributed by atoms with E-state index < -0.39 is 20.5 Å². The minimum absolute atomic E-state index is 0.111. The number of Topliss-reactive ketones (excluding diaryl/α,β-unsaturated/α-hetero) is 1. The maximum absolute atomic E-state index is 13.6. The van der Waals surface area contributed by atoms with Gasteiger partial charge in [-0.15, -0.1) is 0 Å². The predicted octanol–water partition coefficient (Wildman–Crippen LogP) is 4.21. The minimum Gasteiger partial charge on any atom is -0.381 e. The third-order valence-electron chi connectivity index (χ3n) is 7.57. The second-order valence-electron chi connectivity index (χ2n) is 10.3. The largest absolute Gasteiger partial charge is 0.381 e. The molecule has 0 radical (unpaired) electrons. The van der Waals surface area contributed by atoms with Crippen molar-refractivity contribution in [2.45, 2.75) is 74.6 Å². The fourth-order valence-electron chi connectivity index (χ4n) is 6.01. The molecule has 0 amide bonds. The first-order chi connectivity index (χ1) is 15.7. The molecule has 1 N–H and O–H groups in total. The maximum atomic E-state index is 13.6. The van der Waals surface area contributed by atoms with E-state index in [1.54, 1.807) is 24.4 Å². The summed E-state index contributed by atoms with van der Waals surface area (Å²) in [5, 5.41) is 11.6. The van der Waals surface area contributed by atoms with Gasteiger partial charge in [-0.3, -0.25) is 4.79 Å². The molecule has 0 saturated carbocycles. The molecule has 0 aromatic heterocycles. The third kappa shape index (κ3) is 3.49. The molecule has 1 fully saturated rings. The summed E-state index contributed by atoms with van der Waals surface area (Å²) in [4.78, 5) is 13.9. The average Bonchev–Trinajstić information content (AvgIpc) is 3.26. The van der Waals surface area contributed by atoms with Gasteiger partial charge in [0.2, 0.25) is 0 Å². The smallest absolute Gasteiger partial charge is 0.181 e. The van der Waals surface area contributed by atoms with Crippen LogP contribution in [0.15, 0.2) is 62.4 Å². The van der Waals surface area contributed by atoms with Crippen LogP contribution in [0.25, 0.3) is 0 Å². The Kier molecular flexibility index (Phi) is 5.36. The number of carbonyl (C=O) groups excluding carboxylic acids is 1. The van der Waals surface area contributed by atoms with E-state index in [1.807, 2.05) is 6.07 Å². The highest BCUT2D eigenvalue weighted by atomic mass is 32.2. The molecule has 4 aliphatic rings. The SMILES string of the molecule is CCC1(c2cccc(S(=O)(=O)C3CCOCC3)c2)C2=CN=NC2NC2=C1C(=O)CC(C)(C)C2. The fourth-order valence-corrected chi connectivity index (χ4v) is 7.76. The molecule has 1 aromatic carbocycles. The summed E-state index contributed by atoms with van der Waals surface area (Å²) < 4.78 is 32.3. The van der Waals surface area contributed by atoms with Gasteiger partial charge in [0.1, 0.15) is 0 Å². The van der Waals surface area contributed by atoms with Gasteiger partial charge in [0, 0.05) is 36.5 Å². The minimum atomic E-state index is -3.50. The zero-order valence-electron chi connectivity index (χ0n) is 19.4. The summed E-state index contributed by atoms with van der Waals surface area (Å²) in [6.07, 6.45) is 4.25. The van der Waals surface area contributed by atoms with Crippen molar-refractivity contribution in [3.63, 3.8) is 0 Å². The highest BCUT2D eigenvalue weighted by Gasteiger charge is 2.53. The van der Waals surface area contributed by atoms with Gasteiger partial charge < -0.3 is 10.1 Å². The van der Waals surface area contributed by atoms with Crippen molar-refractivity contribution in [1.29, 1.82) is 0 Å². The molecule has 2 unspecified atom stereocenters. The lowest BCUT2D eigenvalue weighted by Gasteiger charge is -2.47. The molecule has 176 valence electrons. The molecule has 1 aromatic rings. The van der Waals surface area contributed by atoms with Crippen LogP contribution in [0.5, 0.6) is 0 Å². The fraction of sp³-hybridized carbons (Fsp3) is 0.560. The molecule has 0 bridgehead atoms. The van der Waals surface area contributed by atoms with Crippen LogP contribution in [-0.4, -0.2) is 38.8 Å². The monoisotopic (exact) mass is 469 g/mol. The lowest BCUT2D eigenvalue weighted by molar-refractivity contribution is -0.119. The van der Waals surface area contributed by atoms with E-state index in [2.05, 4.69) is 36.3 Å². The van der Waals surface area contributed by atoms with Crippen molar-refractivity contribution in [3.8, 4) is 0 Å². The molecule has 5 rings (SSSR count). The first-order valence-electron chi connectivity index (χ1n) is 11.7. The summed E-state index contributed by atoms with van der Waals surface area (Å²) in [7, 11) is -3.50. The number of carbonyl (C=O) groups is 1. The third-order valence-corrected chi connectivity index (χ3v) is 9.83. The molecular formula is C25H31N3O4S. The average molecular weight is 470 g/mol. The Morgan fingerprint density at radius 3 is 2.67 bits per heavy atom. The second kappa shape index (κ2) is 7.87. The van der Waals surface area contributed by atoms with Crippen molar-refractivity contribution in [1.82, 2.24) is 5.32 Å². The van der Waals surface area contributed by atoms with Gasteiger partial charge >= 0.3 is 0 Å². The molecule has 1 aliphatic carbocycles. The van der Waals surface area contributed by atoms with E-state index >= 15 is 0 Å². The topological polar surface area (TPSA) is 97.2 Å². The van der Waals surface area contributed by atoms with E-state index in [4.69, 9.17) is 4.74 Å². The molecule has 3 heterocycles. The quantitative estimate of drug-likeness (QED) is 0.712. The van der Waals surface area contributed by atoms with E-state index in [0.29, 0.717) is 43.8 Å². The summed E-state index contributed by atoms with van der Waals surface area (Å²) in [5.74, 6) is 0.111. The first-order valence-corrected chi connectivity index (χ1v) is 13.3. The van der Waals surface area contributed by atoms with Crippen molar-refractivity contribution < 1.29 is 17.9 Å². The van der Waals surface area contributed by atoms with Gasteiger partial charge in [-0.1, -0.05) is 32.9 Å². The number of hydrogen-bond acceptors (Lipinski definition) is 7. The van der Waals surface area contributed by atoms with Crippen LogP contribution in [0.4, 0.5) is 0 Å². The Balaban J connectivity index is 1.68. The van der Waals surface area contributed by atoms with Gasteiger partial charge in [0.15, 0.2) is 21.8 Å². The van der Waals surface area contributed by atoms with Crippen molar-refractivity contribution in [2.24, 2.45) is 15.6 Å². The Labute approximate surface area is 195 Å². The van der Waals surface area contributed by atoms with Gasteiger partial charge in [-0.25, -0.2) is 8.42 Å². The number of azo groups is 1. The Hall–Kier alpha value is -2.32.